The second kappa shape index (κ2) is 8.62. The molecule has 0 unspecified atom stereocenters. The number of carbonyl (C=O) groups is 1. The van der Waals surface area contributed by atoms with E-state index in [1.165, 1.54) is 24.3 Å². The van der Waals surface area contributed by atoms with Crippen LogP contribution in [0.15, 0.2) is 47.4 Å². The smallest absolute Gasteiger partial charge is 0.262 e. The standard InChI is InChI=1S/C22H26N2O7S2/c1-22(2)12-15-4-3-5-19(21(15)31-22)30-13-20(25)23-16-6-8-18(9-7-16)33(28,29)24-17-10-11-32(26,27)14-17/h3-9,17,24H,10-14H2,1-2H3,(H,23,25)/t17-/m1/s1. The quantitative estimate of drug-likeness (QED) is 0.601. The van der Waals surface area contributed by atoms with Gasteiger partial charge in [-0.1, -0.05) is 12.1 Å². The van der Waals surface area contributed by atoms with Crippen LogP contribution in [0.2, 0.25) is 0 Å². The van der Waals surface area contributed by atoms with Crippen LogP contribution in [-0.4, -0.2) is 52.5 Å². The molecule has 0 bridgehead atoms. The lowest BCUT2D eigenvalue weighted by Gasteiger charge is -2.18. The van der Waals surface area contributed by atoms with Crippen LogP contribution in [0.5, 0.6) is 11.5 Å². The number of sulfonamides is 1. The van der Waals surface area contributed by atoms with Crippen LogP contribution in [0.1, 0.15) is 25.8 Å². The van der Waals surface area contributed by atoms with Crippen LogP contribution < -0.4 is 19.5 Å². The average Bonchev–Trinajstić information content (AvgIpc) is 3.22. The molecular formula is C22H26N2O7S2. The minimum atomic E-state index is -3.87. The summed E-state index contributed by atoms with van der Waals surface area (Å²) in [5.74, 6) is 0.507. The van der Waals surface area contributed by atoms with Gasteiger partial charge >= 0.3 is 0 Å². The number of amides is 1. The van der Waals surface area contributed by atoms with Gasteiger partial charge in [-0.05, 0) is 50.6 Å². The molecule has 0 radical (unpaired) electrons. The number of ether oxygens (including phenoxy) is 2. The summed E-state index contributed by atoms with van der Waals surface area (Å²) < 4.78 is 62.1. The number of benzene rings is 2. The van der Waals surface area contributed by atoms with Crippen molar-refractivity contribution in [1.29, 1.82) is 0 Å². The van der Waals surface area contributed by atoms with Gasteiger partial charge in [0.1, 0.15) is 5.60 Å². The van der Waals surface area contributed by atoms with Crippen molar-refractivity contribution in [2.75, 3.05) is 23.4 Å². The third-order valence-corrected chi connectivity index (χ3v) is 8.72. The van der Waals surface area contributed by atoms with Crippen LogP contribution in [0.3, 0.4) is 0 Å². The van der Waals surface area contributed by atoms with Crippen molar-refractivity contribution in [3.8, 4) is 11.5 Å². The maximum atomic E-state index is 12.5. The molecule has 2 aromatic rings. The number of rotatable bonds is 7. The molecule has 4 rings (SSSR count). The Hall–Kier alpha value is -2.63. The lowest BCUT2D eigenvalue weighted by Crippen LogP contribution is -2.35. The fourth-order valence-electron chi connectivity index (χ4n) is 3.93. The lowest BCUT2D eigenvalue weighted by molar-refractivity contribution is -0.118. The number of carbonyl (C=O) groups excluding carboxylic acids is 1. The summed E-state index contributed by atoms with van der Waals surface area (Å²) >= 11 is 0. The molecule has 1 fully saturated rings. The first-order valence-electron chi connectivity index (χ1n) is 10.5. The van der Waals surface area contributed by atoms with E-state index in [1.54, 1.807) is 6.07 Å². The summed E-state index contributed by atoms with van der Waals surface area (Å²) in [4.78, 5) is 12.3. The van der Waals surface area contributed by atoms with Crippen molar-refractivity contribution in [3.63, 3.8) is 0 Å². The molecule has 1 atom stereocenters. The van der Waals surface area contributed by atoms with Crippen LogP contribution in [0, 0.1) is 0 Å². The molecule has 2 heterocycles. The summed E-state index contributed by atoms with van der Waals surface area (Å²) in [5.41, 5.74) is 1.10. The molecule has 0 aliphatic carbocycles. The van der Waals surface area contributed by atoms with Crippen LogP contribution in [-0.2, 0) is 31.1 Å². The number of hydrogen-bond donors (Lipinski definition) is 2. The molecule has 9 nitrogen and oxygen atoms in total. The Morgan fingerprint density at radius 1 is 1.18 bits per heavy atom. The fourth-order valence-corrected chi connectivity index (χ4v) is 6.98. The number of sulfone groups is 1. The van der Waals surface area contributed by atoms with E-state index in [1.807, 2.05) is 26.0 Å². The minimum Gasteiger partial charge on any atom is -0.483 e. The van der Waals surface area contributed by atoms with Crippen molar-refractivity contribution in [2.45, 2.75) is 43.2 Å². The topological polar surface area (TPSA) is 128 Å². The number of hydrogen-bond acceptors (Lipinski definition) is 7. The number of anilines is 1. The van der Waals surface area contributed by atoms with E-state index in [2.05, 4.69) is 10.0 Å². The van der Waals surface area contributed by atoms with Crippen molar-refractivity contribution >= 4 is 31.5 Å². The van der Waals surface area contributed by atoms with Gasteiger partial charge < -0.3 is 14.8 Å². The molecular weight excluding hydrogens is 468 g/mol. The maximum Gasteiger partial charge on any atom is 0.262 e. The van der Waals surface area contributed by atoms with Gasteiger partial charge in [-0.2, -0.15) is 0 Å². The predicted octanol–water partition coefficient (Wildman–Crippen LogP) is 1.88. The predicted molar refractivity (Wildman–Crippen MR) is 123 cm³/mol. The Morgan fingerprint density at radius 3 is 2.58 bits per heavy atom. The SMILES string of the molecule is CC1(C)Cc2cccc(OCC(=O)Nc3ccc(S(=O)(=O)N[C@@H]4CCS(=O)(=O)C4)cc3)c2O1. The first-order chi connectivity index (χ1) is 15.4. The number of fused-ring (bicyclic) bond motifs is 1. The minimum absolute atomic E-state index is 0.0133. The molecule has 2 aromatic carbocycles. The van der Waals surface area contributed by atoms with Crippen LogP contribution in [0.4, 0.5) is 5.69 Å². The van der Waals surface area contributed by atoms with E-state index in [0.29, 0.717) is 17.2 Å². The Balaban J connectivity index is 1.33. The maximum absolute atomic E-state index is 12.5. The van der Waals surface area contributed by atoms with Gasteiger partial charge in [0.25, 0.3) is 5.91 Å². The van der Waals surface area contributed by atoms with Gasteiger partial charge in [-0.15, -0.1) is 0 Å². The molecule has 2 aliphatic heterocycles. The van der Waals surface area contributed by atoms with Crippen LogP contribution >= 0.6 is 0 Å². The molecule has 1 saturated heterocycles. The molecule has 2 aliphatic rings. The van der Waals surface area contributed by atoms with E-state index in [-0.39, 0.29) is 35.0 Å². The Morgan fingerprint density at radius 2 is 1.91 bits per heavy atom. The zero-order chi connectivity index (χ0) is 23.9. The second-order valence-corrected chi connectivity index (χ2v) is 12.8. The molecule has 2 N–H and O–H groups in total. The third-order valence-electron chi connectivity index (χ3n) is 5.42. The highest BCUT2D eigenvalue weighted by Crippen LogP contribution is 2.41. The van der Waals surface area contributed by atoms with E-state index >= 15 is 0 Å². The van der Waals surface area contributed by atoms with E-state index in [4.69, 9.17) is 9.47 Å². The summed E-state index contributed by atoms with van der Waals surface area (Å²) in [6.45, 7) is 3.73. The molecule has 11 heteroatoms. The Labute approximate surface area is 193 Å². The van der Waals surface area contributed by atoms with Crippen molar-refractivity contribution in [1.82, 2.24) is 4.72 Å². The molecule has 0 saturated carbocycles. The summed E-state index contributed by atoms with van der Waals surface area (Å²) in [6.07, 6.45) is 1.01. The highest BCUT2D eigenvalue weighted by molar-refractivity contribution is 7.92. The van der Waals surface area contributed by atoms with Crippen molar-refractivity contribution < 1.29 is 31.1 Å². The fraction of sp³-hybridized carbons (Fsp3) is 0.409. The van der Waals surface area contributed by atoms with Crippen molar-refractivity contribution in [3.05, 3.63) is 48.0 Å². The lowest BCUT2D eigenvalue weighted by atomic mass is 10.0. The molecule has 178 valence electrons. The summed E-state index contributed by atoms with van der Waals surface area (Å²) in [5, 5.41) is 2.66. The van der Waals surface area contributed by atoms with Gasteiger partial charge in [-0.3, -0.25) is 4.79 Å². The highest BCUT2D eigenvalue weighted by Gasteiger charge is 2.33. The van der Waals surface area contributed by atoms with Crippen LogP contribution in [0.25, 0.3) is 0 Å². The van der Waals surface area contributed by atoms with Gasteiger partial charge in [-0.25, -0.2) is 21.6 Å². The monoisotopic (exact) mass is 494 g/mol. The van der Waals surface area contributed by atoms with Crippen molar-refractivity contribution in [2.24, 2.45) is 0 Å². The molecule has 0 aromatic heterocycles. The Kier molecular flexibility index (Phi) is 6.14. The third kappa shape index (κ3) is 5.66. The van der Waals surface area contributed by atoms with Gasteiger partial charge in [0.2, 0.25) is 10.0 Å². The van der Waals surface area contributed by atoms with E-state index < -0.39 is 31.8 Å². The number of nitrogens with one attached hydrogen (secondary N) is 2. The first kappa shape index (κ1) is 23.5. The molecule has 0 spiro atoms. The van der Waals surface area contributed by atoms with E-state index in [9.17, 15) is 21.6 Å². The normalized spacial score (nSPS) is 20.6. The second-order valence-electron chi connectivity index (χ2n) is 8.87. The van der Waals surface area contributed by atoms with E-state index in [0.717, 1.165) is 12.0 Å². The average molecular weight is 495 g/mol. The highest BCUT2D eigenvalue weighted by atomic mass is 32.2. The summed E-state index contributed by atoms with van der Waals surface area (Å²) in [7, 11) is -7.07. The molecule has 33 heavy (non-hydrogen) atoms. The van der Waals surface area contributed by atoms with Gasteiger partial charge in [0.05, 0.1) is 16.4 Å². The van der Waals surface area contributed by atoms with Gasteiger partial charge in [0.15, 0.2) is 27.9 Å². The number of para-hydroxylation sites is 1. The Bertz CT molecular complexity index is 1270. The first-order valence-corrected chi connectivity index (χ1v) is 13.8. The summed E-state index contributed by atoms with van der Waals surface area (Å²) in [6, 6.07) is 10.6. The zero-order valence-electron chi connectivity index (χ0n) is 18.3. The van der Waals surface area contributed by atoms with Gasteiger partial charge in [0, 0.05) is 23.7 Å². The zero-order valence-corrected chi connectivity index (χ0v) is 20.0. The molecule has 1 amide bonds. The largest absolute Gasteiger partial charge is 0.483 e.